The minimum atomic E-state index is -0.315. The van der Waals surface area contributed by atoms with Crippen LogP contribution < -0.4 is 10.2 Å². The van der Waals surface area contributed by atoms with Gasteiger partial charge in [0.05, 0.1) is 6.54 Å². The first kappa shape index (κ1) is 19.2. The molecule has 1 saturated heterocycles. The Bertz CT molecular complexity index is 785. The van der Waals surface area contributed by atoms with E-state index in [9.17, 15) is 9.18 Å². The summed E-state index contributed by atoms with van der Waals surface area (Å²) in [5.74, 6) is 1.72. The topological polar surface area (TPSA) is 61.4 Å². The molecule has 2 heterocycles. The van der Waals surface area contributed by atoms with Gasteiger partial charge in [-0.25, -0.2) is 14.4 Å². The predicted molar refractivity (Wildman–Crippen MR) is 105 cm³/mol. The Labute approximate surface area is 159 Å². The van der Waals surface area contributed by atoms with E-state index in [1.165, 1.54) is 12.1 Å². The molecule has 1 fully saturated rings. The SMILES string of the molecule is Cc1cc(N2CCN(CC(=O)Nc3ccc(F)cc3)CC2)nc(C(C)C)n1. The van der Waals surface area contributed by atoms with Gasteiger partial charge < -0.3 is 10.2 Å². The molecule has 0 atom stereocenters. The lowest BCUT2D eigenvalue weighted by Gasteiger charge is -2.35. The summed E-state index contributed by atoms with van der Waals surface area (Å²) in [6.07, 6.45) is 0. The number of hydrogen-bond acceptors (Lipinski definition) is 5. The molecular formula is C20H26FN5O. The number of rotatable bonds is 5. The molecular weight excluding hydrogens is 345 g/mol. The molecule has 7 heteroatoms. The highest BCUT2D eigenvalue weighted by molar-refractivity contribution is 5.92. The van der Waals surface area contributed by atoms with Gasteiger partial charge >= 0.3 is 0 Å². The molecule has 0 unspecified atom stereocenters. The Kier molecular flexibility index (Phi) is 6.01. The van der Waals surface area contributed by atoms with Crippen LogP contribution in [0.3, 0.4) is 0 Å². The molecule has 1 amide bonds. The Morgan fingerprint density at radius 2 is 1.81 bits per heavy atom. The molecule has 2 aromatic rings. The van der Waals surface area contributed by atoms with E-state index in [2.05, 4.69) is 33.9 Å². The summed E-state index contributed by atoms with van der Waals surface area (Å²) in [6.45, 7) is 9.72. The summed E-state index contributed by atoms with van der Waals surface area (Å²) < 4.78 is 12.9. The number of benzene rings is 1. The minimum absolute atomic E-state index is 0.0879. The number of aromatic nitrogens is 2. The lowest BCUT2D eigenvalue weighted by atomic mass is 10.2. The second-order valence-electron chi connectivity index (χ2n) is 7.20. The van der Waals surface area contributed by atoms with Crippen LogP contribution in [0.4, 0.5) is 15.9 Å². The van der Waals surface area contributed by atoms with Crippen LogP contribution in [0.1, 0.15) is 31.3 Å². The first-order chi connectivity index (χ1) is 12.9. The molecule has 3 rings (SSSR count). The normalized spacial score (nSPS) is 15.2. The number of carbonyl (C=O) groups excluding carboxylic acids is 1. The van der Waals surface area contributed by atoms with Crippen LogP contribution in [0, 0.1) is 12.7 Å². The van der Waals surface area contributed by atoms with Crippen molar-refractivity contribution in [3.63, 3.8) is 0 Å². The molecule has 0 aliphatic carbocycles. The van der Waals surface area contributed by atoms with E-state index in [-0.39, 0.29) is 11.7 Å². The number of carbonyl (C=O) groups is 1. The van der Waals surface area contributed by atoms with Gasteiger partial charge in [0, 0.05) is 49.5 Å². The van der Waals surface area contributed by atoms with E-state index in [0.29, 0.717) is 18.2 Å². The Morgan fingerprint density at radius 3 is 2.44 bits per heavy atom. The average Bonchev–Trinajstić information content (AvgIpc) is 2.63. The van der Waals surface area contributed by atoms with E-state index >= 15 is 0 Å². The van der Waals surface area contributed by atoms with Crippen molar-refractivity contribution < 1.29 is 9.18 Å². The number of hydrogen-bond donors (Lipinski definition) is 1. The van der Waals surface area contributed by atoms with Crippen molar-refractivity contribution in [1.82, 2.24) is 14.9 Å². The Morgan fingerprint density at radius 1 is 1.15 bits per heavy atom. The number of nitrogens with zero attached hydrogens (tertiary/aromatic N) is 4. The van der Waals surface area contributed by atoms with Crippen molar-refractivity contribution in [3.8, 4) is 0 Å². The van der Waals surface area contributed by atoms with Crippen molar-refractivity contribution in [3.05, 3.63) is 47.7 Å². The highest BCUT2D eigenvalue weighted by atomic mass is 19.1. The summed E-state index contributed by atoms with van der Waals surface area (Å²) >= 11 is 0. The van der Waals surface area contributed by atoms with Crippen LogP contribution in [0.2, 0.25) is 0 Å². The molecule has 0 bridgehead atoms. The smallest absolute Gasteiger partial charge is 0.238 e. The Balaban J connectivity index is 1.53. The van der Waals surface area contributed by atoms with Crippen molar-refractivity contribution in [2.45, 2.75) is 26.7 Å². The highest BCUT2D eigenvalue weighted by Crippen LogP contribution is 2.18. The second kappa shape index (κ2) is 8.43. The van der Waals surface area contributed by atoms with Gasteiger partial charge in [-0.05, 0) is 31.2 Å². The molecule has 0 saturated carbocycles. The largest absolute Gasteiger partial charge is 0.354 e. The molecule has 1 aliphatic rings. The van der Waals surface area contributed by atoms with Crippen LogP contribution in [0.15, 0.2) is 30.3 Å². The molecule has 6 nitrogen and oxygen atoms in total. The number of piperazine rings is 1. The van der Waals surface area contributed by atoms with Gasteiger partial charge in [0.1, 0.15) is 17.5 Å². The average molecular weight is 371 g/mol. The maximum Gasteiger partial charge on any atom is 0.238 e. The first-order valence-electron chi connectivity index (χ1n) is 9.29. The number of halogens is 1. The van der Waals surface area contributed by atoms with Gasteiger partial charge in [-0.2, -0.15) is 0 Å². The molecule has 1 aromatic carbocycles. The molecule has 0 spiro atoms. The van der Waals surface area contributed by atoms with Crippen LogP contribution in [0.5, 0.6) is 0 Å². The summed E-state index contributed by atoms with van der Waals surface area (Å²) in [7, 11) is 0. The number of aryl methyl sites for hydroxylation is 1. The molecule has 27 heavy (non-hydrogen) atoms. The van der Waals surface area contributed by atoms with Gasteiger partial charge in [0.15, 0.2) is 0 Å². The maximum absolute atomic E-state index is 12.9. The van der Waals surface area contributed by atoms with Gasteiger partial charge in [-0.3, -0.25) is 9.69 Å². The van der Waals surface area contributed by atoms with Gasteiger partial charge in [0.25, 0.3) is 0 Å². The van der Waals surface area contributed by atoms with Crippen LogP contribution in [0.25, 0.3) is 0 Å². The summed E-state index contributed by atoms with van der Waals surface area (Å²) in [4.78, 5) is 25.8. The lowest BCUT2D eigenvalue weighted by molar-refractivity contribution is -0.117. The summed E-state index contributed by atoms with van der Waals surface area (Å²) in [5, 5.41) is 2.81. The fourth-order valence-electron chi connectivity index (χ4n) is 3.07. The first-order valence-corrected chi connectivity index (χ1v) is 9.29. The molecule has 144 valence electrons. The van der Waals surface area contributed by atoms with E-state index in [1.54, 1.807) is 12.1 Å². The molecule has 1 N–H and O–H groups in total. The summed E-state index contributed by atoms with van der Waals surface area (Å²) in [6, 6.07) is 7.82. The molecule has 0 radical (unpaired) electrons. The van der Waals surface area contributed by atoms with E-state index in [0.717, 1.165) is 43.5 Å². The van der Waals surface area contributed by atoms with E-state index < -0.39 is 0 Å². The van der Waals surface area contributed by atoms with Crippen molar-refractivity contribution in [2.75, 3.05) is 42.9 Å². The monoisotopic (exact) mass is 371 g/mol. The fourth-order valence-corrected chi connectivity index (χ4v) is 3.07. The van der Waals surface area contributed by atoms with Crippen molar-refractivity contribution in [2.24, 2.45) is 0 Å². The maximum atomic E-state index is 12.9. The van der Waals surface area contributed by atoms with E-state index in [1.807, 2.05) is 13.0 Å². The zero-order valence-electron chi connectivity index (χ0n) is 16.1. The molecule has 1 aromatic heterocycles. The van der Waals surface area contributed by atoms with Gasteiger partial charge in [-0.1, -0.05) is 13.8 Å². The number of amides is 1. The zero-order valence-corrected chi connectivity index (χ0v) is 16.1. The number of anilines is 2. The zero-order chi connectivity index (χ0) is 19.4. The standard InChI is InChI=1S/C20H26FN5O/c1-14(2)20-22-15(3)12-18(24-20)26-10-8-25(9-11-26)13-19(27)23-17-6-4-16(21)5-7-17/h4-7,12,14H,8-11,13H2,1-3H3,(H,23,27). The third-order valence-electron chi connectivity index (χ3n) is 4.57. The summed E-state index contributed by atoms with van der Waals surface area (Å²) in [5.41, 5.74) is 1.59. The predicted octanol–water partition coefficient (Wildman–Crippen LogP) is 2.81. The van der Waals surface area contributed by atoms with Crippen LogP contribution in [-0.2, 0) is 4.79 Å². The second-order valence-corrected chi connectivity index (χ2v) is 7.20. The molecule has 1 aliphatic heterocycles. The van der Waals surface area contributed by atoms with Crippen molar-refractivity contribution in [1.29, 1.82) is 0 Å². The third-order valence-corrected chi connectivity index (χ3v) is 4.57. The highest BCUT2D eigenvalue weighted by Gasteiger charge is 2.21. The quantitative estimate of drug-likeness (QED) is 0.876. The van der Waals surface area contributed by atoms with Gasteiger partial charge in [-0.15, -0.1) is 0 Å². The van der Waals surface area contributed by atoms with Crippen molar-refractivity contribution >= 4 is 17.4 Å². The minimum Gasteiger partial charge on any atom is -0.354 e. The van der Waals surface area contributed by atoms with Crippen LogP contribution in [-0.4, -0.2) is 53.5 Å². The lowest BCUT2D eigenvalue weighted by Crippen LogP contribution is -2.49. The van der Waals surface area contributed by atoms with Gasteiger partial charge in [0.2, 0.25) is 5.91 Å². The van der Waals surface area contributed by atoms with Crippen LogP contribution >= 0.6 is 0 Å². The van der Waals surface area contributed by atoms with E-state index in [4.69, 9.17) is 4.98 Å². The number of nitrogens with one attached hydrogen (secondary N) is 1. The third kappa shape index (κ3) is 5.23. The fraction of sp³-hybridized carbons (Fsp3) is 0.450. The Hall–Kier alpha value is -2.54.